The van der Waals surface area contributed by atoms with Gasteiger partial charge in [0, 0.05) is 0 Å². The minimum atomic E-state index is -1.38. The van der Waals surface area contributed by atoms with Crippen LogP contribution in [-0.2, 0) is 27.7 Å². The van der Waals surface area contributed by atoms with Crippen LogP contribution in [0.5, 0.6) is 0 Å². The van der Waals surface area contributed by atoms with Crippen LogP contribution in [0.2, 0.25) is 0 Å². The Morgan fingerprint density at radius 1 is 1.67 bits per heavy atom. The van der Waals surface area contributed by atoms with Crippen LogP contribution in [0.3, 0.4) is 0 Å². The summed E-state index contributed by atoms with van der Waals surface area (Å²) in [6.45, 7) is 2.22. The third-order valence-corrected chi connectivity index (χ3v) is 6.02. The Labute approximate surface area is 85.7 Å². The molecule has 0 bridgehead atoms. The average Bonchev–Trinajstić information content (AvgIpc) is 2.05. The summed E-state index contributed by atoms with van der Waals surface area (Å²) in [5.41, 5.74) is 0. The monoisotopic (exact) mass is 353 g/mol. The second-order valence-corrected chi connectivity index (χ2v) is 8.42. The molecule has 61 valence electrons. The first-order chi connectivity index (χ1) is 5.79. The van der Waals surface area contributed by atoms with Gasteiger partial charge in [-0.15, -0.1) is 0 Å². The van der Waals surface area contributed by atoms with Gasteiger partial charge < -0.3 is 0 Å². The fourth-order valence-electron chi connectivity index (χ4n) is 0.860. The molecule has 0 heterocycles. The van der Waals surface area contributed by atoms with Gasteiger partial charge in [0.1, 0.15) is 0 Å². The van der Waals surface area contributed by atoms with Gasteiger partial charge in [-0.2, -0.15) is 0 Å². The quantitative estimate of drug-likeness (QED) is 0.801. The number of aliphatic hydroxyl groups is 1. The van der Waals surface area contributed by atoms with E-state index in [4.69, 9.17) is 7.75 Å². The first-order valence-electron chi connectivity index (χ1n) is 4.00. The van der Waals surface area contributed by atoms with Crippen molar-refractivity contribution in [1.82, 2.24) is 0 Å². The molecule has 0 fully saturated rings. The molecule has 0 aliphatic rings. The normalized spacial score (nSPS) is 12.2. The van der Waals surface area contributed by atoms with Gasteiger partial charge in [-0.25, -0.2) is 0 Å². The van der Waals surface area contributed by atoms with E-state index in [-0.39, 0.29) is 6.10 Å². The predicted molar refractivity (Wildman–Crippen MR) is 42.5 cm³/mol. The molecule has 1 aromatic rings. The molecular weight excluding hydrogens is 341 g/mol. The molecule has 0 spiro atoms. The molecule has 0 aliphatic carbocycles. The Balaban J connectivity index is 2.25. The van der Waals surface area contributed by atoms with Crippen LogP contribution < -0.4 is 3.07 Å². The van der Waals surface area contributed by atoms with Crippen molar-refractivity contribution in [3.8, 4) is 0 Å². The Morgan fingerprint density at radius 2 is 2.50 bits per heavy atom. The van der Waals surface area contributed by atoms with Gasteiger partial charge in [0.25, 0.3) is 0 Å². The fraction of sp³-hybridized carbons (Fsp3) is 0.333. The van der Waals surface area contributed by atoms with E-state index in [0.29, 0.717) is 6.61 Å². The van der Waals surface area contributed by atoms with E-state index in [1.54, 1.807) is 6.92 Å². The number of rotatable bonds is 4. The summed E-state index contributed by atoms with van der Waals surface area (Å²) in [5.74, 6) is 0. The van der Waals surface area contributed by atoms with Gasteiger partial charge in [0.2, 0.25) is 0 Å². The van der Waals surface area contributed by atoms with Crippen LogP contribution >= 0.6 is 0 Å². The van der Waals surface area contributed by atoms with Gasteiger partial charge in [0.15, 0.2) is 0 Å². The van der Waals surface area contributed by atoms with Crippen molar-refractivity contribution in [3.05, 3.63) is 30.3 Å². The molecule has 0 aromatic heterocycles. The second-order valence-electron chi connectivity index (χ2n) is 2.75. The summed E-state index contributed by atoms with van der Waals surface area (Å²) in [4.78, 5) is 0. The predicted octanol–water partition coefficient (Wildman–Crippen LogP) is 0.507. The summed E-state index contributed by atoms with van der Waals surface area (Å²) in [5, 5.41) is 8.93. The zero-order valence-corrected chi connectivity index (χ0v) is 12.7. The van der Waals surface area contributed by atoms with Crippen LogP contribution in [0, 0.1) is 6.07 Å². The zero-order valence-electron chi connectivity index (χ0n) is 7.16. The molecule has 0 aliphatic heterocycles. The molecule has 3 heteroatoms. The fourth-order valence-corrected chi connectivity index (χ4v) is 5.18. The van der Waals surface area contributed by atoms with Crippen LogP contribution in [0.15, 0.2) is 24.3 Å². The molecule has 1 unspecified atom stereocenters. The van der Waals surface area contributed by atoms with Gasteiger partial charge in [-0.3, -0.25) is 0 Å². The van der Waals surface area contributed by atoms with E-state index in [9.17, 15) is 0 Å². The molecule has 1 atom stereocenters. The third kappa shape index (κ3) is 4.19. The number of benzene rings is 1. The molecule has 0 saturated heterocycles. The summed E-state index contributed by atoms with van der Waals surface area (Å²) in [6, 6.07) is 11.0. The van der Waals surface area contributed by atoms with Gasteiger partial charge in [-0.05, 0) is 0 Å². The van der Waals surface area contributed by atoms with Crippen molar-refractivity contribution >= 4 is 3.07 Å². The Hall–Kier alpha value is 0.0751. The molecular formula is C9H11HgO2. The molecule has 0 saturated carbocycles. The van der Waals surface area contributed by atoms with Crippen molar-refractivity contribution in [2.45, 2.75) is 13.0 Å². The molecule has 12 heavy (non-hydrogen) atoms. The number of hydrogen-bond donors (Lipinski definition) is 1. The Bertz CT molecular complexity index is 211. The van der Waals surface area contributed by atoms with Crippen molar-refractivity contribution < 1.29 is 32.8 Å². The van der Waals surface area contributed by atoms with Gasteiger partial charge in [0.05, 0.1) is 0 Å². The first-order valence-corrected chi connectivity index (χ1v) is 9.00. The van der Waals surface area contributed by atoms with Gasteiger partial charge in [-0.1, -0.05) is 0 Å². The average molecular weight is 352 g/mol. The molecule has 1 rings (SSSR count). The minimum absolute atomic E-state index is 0.339. The van der Waals surface area contributed by atoms with Crippen LogP contribution in [0.1, 0.15) is 6.92 Å². The molecule has 2 nitrogen and oxygen atoms in total. The molecule has 1 radical (unpaired) electrons. The summed E-state index contributed by atoms with van der Waals surface area (Å²) >= 11 is -1.38. The third-order valence-electron chi connectivity index (χ3n) is 1.39. The van der Waals surface area contributed by atoms with E-state index in [1.807, 2.05) is 24.3 Å². The first kappa shape index (κ1) is 10.2. The standard InChI is InChI=1S/C6H4.C3H7O2.Hg/c1-2-4-6-5-3-1;1-3(5)2-4;/h1-4H;3,5H,2H2,1H3;/q;-1;+1. The van der Waals surface area contributed by atoms with Crippen molar-refractivity contribution in [2.24, 2.45) is 0 Å². The van der Waals surface area contributed by atoms with Crippen molar-refractivity contribution in [1.29, 1.82) is 0 Å². The number of hydrogen-bond acceptors (Lipinski definition) is 2. The van der Waals surface area contributed by atoms with E-state index in [0.717, 1.165) is 0 Å². The van der Waals surface area contributed by atoms with E-state index in [2.05, 4.69) is 6.07 Å². The molecule has 1 N–H and O–H groups in total. The second kappa shape index (κ2) is 5.67. The van der Waals surface area contributed by atoms with E-state index >= 15 is 0 Å². The van der Waals surface area contributed by atoms with Gasteiger partial charge >= 0.3 is 85.8 Å². The Kier molecular flexibility index (Phi) is 4.80. The maximum atomic E-state index is 8.93. The zero-order chi connectivity index (χ0) is 8.81. The molecule has 0 amide bonds. The Morgan fingerprint density at radius 3 is 3.08 bits per heavy atom. The maximum absolute atomic E-state index is 8.93. The summed E-state index contributed by atoms with van der Waals surface area (Å²) in [7, 11) is 0. The summed E-state index contributed by atoms with van der Waals surface area (Å²) < 4.78 is 6.66. The SMILES string of the molecule is CC(O)C[O][Hg][c]1[c]cccc1. The van der Waals surface area contributed by atoms with Crippen molar-refractivity contribution in [2.75, 3.05) is 6.61 Å². The molecule has 1 aromatic carbocycles. The van der Waals surface area contributed by atoms with Crippen LogP contribution in [-0.4, -0.2) is 17.8 Å². The van der Waals surface area contributed by atoms with E-state index in [1.165, 1.54) is 3.07 Å². The van der Waals surface area contributed by atoms with E-state index < -0.39 is 25.0 Å². The topological polar surface area (TPSA) is 29.5 Å². The van der Waals surface area contributed by atoms with Crippen LogP contribution in [0.25, 0.3) is 0 Å². The van der Waals surface area contributed by atoms with Crippen molar-refractivity contribution in [3.63, 3.8) is 0 Å². The van der Waals surface area contributed by atoms with Crippen LogP contribution in [0.4, 0.5) is 0 Å². The summed E-state index contributed by atoms with van der Waals surface area (Å²) in [6.07, 6.45) is -0.339. The number of aliphatic hydroxyl groups excluding tert-OH is 1.